The molecule has 1 nitrogen and oxygen atoms in total. The molecule has 1 atom stereocenters. The molecule has 24 heavy (non-hydrogen) atoms. The first kappa shape index (κ1) is 18.8. The van der Waals surface area contributed by atoms with E-state index in [2.05, 4.69) is 0 Å². The van der Waals surface area contributed by atoms with Crippen LogP contribution in [0.25, 0.3) is 6.08 Å². The highest BCUT2D eigenvalue weighted by molar-refractivity contribution is 6.31. The molecule has 0 bridgehead atoms. The molecule has 2 aromatic rings. The fourth-order valence-corrected chi connectivity index (χ4v) is 2.69. The lowest BCUT2D eigenvalue weighted by Gasteiger charge is -2.18. The van der Waals surface area contributed by atoms with Gasteiger partial charge < -0.3 is 5.73 Å². The third-order valence-corrected chi connectivity index (χ3v) is 4.45. The topological polar surface area (TPSA) is 26.0 Å². The van der Waals surface area contributed by atoms with Crippen LogP contribution in [0, 0.1) is 6.92 Å². The van der Waals surface area contributed by atoms with E-state index in [4.69, 9.17) is 28.9 Å². The third kappa shape index (κ3) is 4.53. The zero-order chi connectivity index (χ0) is 17.9. The Hall–Kier alpha value is -1.49. The molecule has 0 spiro atoms. The van der Waals surface area contributed by atoms with Gasteiger partial charge in [-0.25, -0.2) is 0 Å². The van der Waals surface area contributed by atoms with Crippen molar-refractivity contribution in [2.24, 2.45) is 5.73 Å². The van der Waals surface area contributed by atoms with Crippen LogP contribution in [-0.2, 0) is 6.54 Å². The first-order chi connectivity index (χ1) is 11.2. The molecule has 0 amide bonds. The summed E-state index contributed by atoms with van der Waals surface area (Å²) < 4.78 is 40.2. The smallest absolute Gasteiger partial charge is 0.326 e. The summed E-state index contributed by atoms with van der Waals surface area (Å²) in [6, 6.07) is 9.31. The Kier molecular flexibility index (Phi) is 5.97. The van der Waals surface area contributed by atoms with E-state index >= 15 is 0 Å². The molecule has 0 saturated carbocycles. The molecule has 2 rings (SSSR count). The van der Waals surface area contributed by atoms with Crippen LogP contribution in [0.3, 0.4) is 0 Å². The SMILES string of the molecule is Cc1cc(C(/C=C/c2ccc(CN)c(Cl)c2)C(F)(F)F)ccc1Cl. The van der Waals surface area contributed by atoms with Gasteiger partial charge in [0, 0.05) is 16.6 Å². The van der Waals surface area contributed by atoms with Gasteiger partial charge in [-0.1, -0.05) is 59.6 Å². The number of rotatable bonds is 4. The van der Waals surface area contributed by atoms with Crippen LogP contribution < -0.4 is 5.73 Å². The van der Waals surface area contributed by atoms with Crippen LogP contribution in [0.5, 0.6) is 0 Å². The van der Waals surface area contributed by atoms with Crippen LogP contribution >= 0.6 is 23.2 Å². The van der Waals surface area contributed by atoms with E-state index in [1.165, 1.54) is 24.3 Å². The van der Waals surface area contributed by atoms with Gasteiger partial charge in [-0.15, -0.1) is 0 Å². The minimum atomic E-state index is -4.40. The van der Waals surface area contributed by atoms with E-state index in [1.54, 1.807) is 25.1 Å². The molecule has 0 aliphatic carbocycles. The van der Waals surface area contributed by atoms with Crippen LogP contribution in [0.15, 0.2) is 42.5 Å². The standard InChI is InChI=1S/C18H16Cl2F3N/c1-11-8-13(5-7-16(11)19)15(18(21,22)23)6-3-12-2-4-14(10-24)17(20)9-12/h2-9,15H,10,24H2,1H3/b6-3+. The molecule has 2 aromatic carbocycles. The van der Waals surface area contributed by atoms with Crippen molar-refractivity contribution in [3.63, 3.8) is 0 Å². The average Bonchev–Trinajstić information content (AvgIpc) is 2.50. The number of benzene rings is 2. The third-order valence-electron chi connectivity index (χ3n) is 3.67. The minimum Gasteiger partial charge on any atom is -0.326 e. The maximum atomic E-state index is 13.4. The summed E-state index contributed by atoms with van der Waals surface area (Å²) >= 11 is 11.9. The molecule has 0 fully saturated rings. The van der Waals surface area contributed by atoms with Crippen molar-refractivity contribution in [3.05, 3.63) is 74.8 Å². The van der Waals surface area contributed by atoms with Crippen molar-refractivity contribution in [3.8, 4) is 0 Å². The number of hydrogen-bond acceptors (Lipinski definition) is 1. The number of nitrogens with two attached hydrogens (primary N) is 1. The van der Waals surface area contributed by atoms with Gasteiger partial charge in [-0.3, -0.25) is 0 Å². The van der Waals surface area contributed by atoms with Crippen molar-refractivity contribution >= 4 is 29.3 Å². The number of allylic oxidation sites excluding steroid dienone is 1. The van der Waals surface area contributed by atoms with Gasteiger partial charge in [-0.05, 0) is 41.3 Å². The Morgan fingerprint density at radius 2 is 1.79 bits per heavy atom. The Balaban J connectivity index is 2.36. The van der Waals surface area contributed by atoms with Crippen molar-refractivity contribution in [1.29, 1.82) is 0 Å². The van der Waals surface area contributed by atoms with Crippen LogP contribution in [0.4, 0.5) is 13.2 Å². The molecule has 0 aromatic heterocycles. The second kappa shape index (κ2) is 7.60. The van der Waals surface area contributed by atoms with Crippen molar-refractivity contribution in [2.45, 2.75) is 25.6 Å². The minimum absolute atomic E-state index is 0.144. The fraction of sp³-hybridized carbons (Fsp3) is 0.222. The molecule has 6 heteroatoms. The van der Waals surface area contributed by atoms with Gasteiger partial charge in [0.25, 0.3) is 0 Å². The number of halogens is 5. The molecule has 0 aliphatic heterocycles. The van der Waals surface area contributed by atoms with E-state index in [0.717, 1.165) is 11.6 Å². The number of hydrogen-bond donors (Lipinski definition) is 1. The van der Waals surface area contributed by atoms with E-state index < -0.39 is 12.1 Å². The summed E-state index contributed by atoms with van der Waals surface area (Å²) in [5.74, 6) is -1.72. The lowest BCUT2D eigenvalue weighted by Crippen LogP contribution is -2.19. The molecule has 0 radical (unpaired) electrons. The van der Waals surface area contributed by atoms with Gasteiger partial charge >= 0.3 is 6.18 Å². The van der Waals surface area contributed by atoms with Crippen LogP contribution in [0.1, 0.15) is 28.2 Å². The molecule has 128 valence electrons. The zero-order valence-electron chi connectivity index (χ0n) is 12.9. The monoisotopic (exact) mass is 373 g/mol. The predicted molar refractivity (Wildman–Crippen MR) is 93.4 cm³/mol. The second-order valence-corrected chi connectivity index (χ2v) is 6.26. The van der Waals surface area contributed by atoms with E-state index in [1.807, 2.05) is 0 Å². The Bertz CT molecular complexity index is 754. The normalized spacial score (nSPS) is 13.5. The largest absolute Gasteiger partial charge is 0.399 e. The molecule has 2 N–H and O–H groups in total. The first-order valence-electron chi connectivity index (χ1n) is 7.22. The first-order valence-corrected chi connectivity index (χ1v) is 7.97. The summed E-state index contributed by atoms with van der Waals surface area (Å²) in [4.78, 5) is 0. The van der Waals surface area contributed by atoms with E-state index in [0.29, 0.717) is 21.2 Å². The Labute approximate surface area is 148 Å². The highest BCUT2D eigenvalue weighted by Crippen LogP contribution is 2.37. The molecular weight excluding hydrogens is 358 g/mol. The van der Waals surface area contributed by atoms with Crippen molar-refractivity contribution in [1.82, 2.24) is 0 Å². The highest BCUT2D eigenvalue weighted by atomic mass is 35.5. The molecule has 0 saturated heterocycles. The Morgan fingerprint density at radius 3 is 2.33 bits per heavy atom. The summed E-state index contributed by atoms with van der Waals surface area (Å²) in [6.45, 7) is 1.95. The summed E-state index contributed by atoms with van der Waals surface area (Å²) in [7, 11) is 0. The van der Waals surface area contributed by atoms with Gasteiger partial charge in [0.2, 0.25) is 0 Å². The lowest BCUT2D eigenvalue weighted by molar-refractivity contribution is -0.139. The zero-order valence-corrected chi connectivity index (χ0v) is 14.4. The maximum absolute atomic E-state index is 13.4. The van der Waals surface area contributed by atoms with Gasteiger partial charge in [0.15, 0.2) is 0 Å². The molecular formula is C18H16Cl2F3N. The Morgan fingerprint density at radius 1 is 1.08 bits per heavy atom. The van der Waals surface area contributed by atoms with Crippen molar-refractivity contribution < 1.29 is 13.2 Å². The lowest BCUT2D eigenvalue weighted by atomic mass is 9.95. The predicted octanol–water partition coefficient (Wildman–Crippen LogP) is 6.12. The second-order valence-electron chi connectivity index (χ2n) is 5.44. The van der Waals surface area contributed by atoms with E-state index in [-0.39, 0.29) is 12.1 Å². The molecule has 1 unspecified atom stereocenters. The molecule has 0 heterocycles. The van der Waals surface area contributed by atoms with Gasteiger partial charge in [0.1, 0.15) is 0 Å². The summed E-state index contributed by atoms with van der Waals surface area (Å²) in [6.07, 6.45) is -1.87. The highest BCUT2D eigenvalue weighted by Gasteiger charge is 2.38. The van der Waals surface area contributed by atoms with E-state index in [9.17, 15) is 13.2 Å². The van der Waals surface area contributed by atoms with Crippen LogP contribution in [-0.4, -0.2) is 6.18 Å². The maximum Gasteiger partial charge on any atom is 0.399 e. The fourth-order valence-electron chi connectivity index (χ4n) is 2.31. The summed E-state index contributed by atoms with van der Waals surface area (Å²) in [5.41, 5.74) is 7.59. The quantitative estimate of drug-likeness (QED) is 0.686. The molecule has 0 aliphatic rings. The number of alkyl halides is 3. The summed E-state index contributed by atoms with van der Waals surface area (Å²) in [5, 5.41) is 0.873. The van der Waals surface area contributed by atoms with Gasteiger partial charge in [0.05, 0.1) is 5.92 Å². The van der Waals surface area contributed by atoms with Crippen molar-refractivity contribution in [2.75, 3.05) is 0 Å². The van der Waals surface area contributed by atoms with Gasteiger partial charge in [-0.2, -0.15) is 13.2 Å². The van der Waals surface area contributed by atoms with Crippen LogP contribution in [0.2, 0.25) is 10.0 Å². The average molecular weight is 374 g/mol. The number of aryl methyl sites for hydroxylation is 1.